The zero-order chi connectivity index (χ0) is 27.5. The van der Waals surface area contributed by atoms with Crippen molar-refractivity contribution >= 4 is 50.5 Å². The van der Waals surface area contributed by atoms with E-state index in [4.69, 9.17) is 9.73 Å². The van der Waals surface area contributed by atoms with E-state index in [1.165, 1.54) is 0 Å². The molecule has 3 nitrogen and oxygen atoms in total. The van der Waals surface area contributed by atoms with E-state index < -0.39 is 7.14 Å². The van der Waals surface area contributed by atoms with Gasteiger partial charge in [-0.1, -0.05) is 110 Å². The summed E-state index contributed by atoms with van der Waals surface area (Å²) in [5.74, 6) is 0.984. The van der Waals surface area contributed by atoms with Crippen molar-refractivity contribution in [3.63, 3.8) is 0 Å². The summed E-state index contributed by atoms with van der Waals surface area (Å²) < 4.78 is 21.9. The van der Waals surface area contributed by atoms with Gasteiger partial charge in [-0.15, -0.1) is 0 Å². The van der Waals surface area contributed by atoms with Crippen LogP contribution in [0.3, 0.4) is 0 Å². The van der Waals surface area contributed by atoms with Gasteiger partial charge in [0.25, 0.3) is 0 Å². The fraction of sp³-hybridized carbons (Fsp3) is 0.139. The van der Waals surface area contributed by atoms with Crippen molar-refractivity contribution in [2.45, 2.75) is 19.9 Å². The molecule has 1 aliphatic rings. The van der Waals surface area contributed by atoms with Crippen molar-refractivity contribution in [2.75, 3.05) is 6.61 Å². The molecule has 0 bridgehead atoms. The molecule has 0 saturated carbocycles. The van der Waals surface area contributed by atoms with Gasteiger partial charge in [0.2, 0.25) is 0 Å². The molecule has 1 heterocycles. The topological polar surface area (TPSA) is 38.7 Å². The second kappa shape index (κ2) is 12.5. The maximum Gasteiger partial charge on any atom is 0.157 e. The first-order chi connectivity index (χ1) is 19.6. The van der Waals surface area contributed by atoms with Crippen LogP contribution in [0.1, 0.15) is 19.4 Å². The van der Waals surface area contributed by atoms with Crippen molar-refractivity contribution < 1.29 is 26.4 Å². The van der Waals surface area contributed by atoms with E-state index in [-0.39, 0.29) is 23.1 Å². The summed E-state index contributed by atoms with van der Waals surface area (Å²) in [6.45, 7) is 4.87. The van der Waals surface area contributed by atoms with E-state index in [0.717, 1.165) is 43.0 Å². The van der Waals surface area contributed by atoms with Crippen LogP contribution < -0.4 is 15.9 Å². The van der Waals surface area contributed by atoms with Crippen LogP contribution in [-0.2, 0) is 26.4 Å². The van der Waals surface area contributed by atoms with Gasteiger partial charge in [0, 0.05) is 27.7 Å². The summed E-state index contributed by atoms with van der Waals surface area (Å²) in [5.41, 5.74) is 0.831. The Kier molecular flexibility index (Phi) is 8.76. The molecular formula is C36H32FeNO2P-6. The summed E-state index contributed by atoms with van der Waals surface area (Å²) >= 11 is 0. The Hall–Kier alpha value is -3.68. The van der Waals surface area contributed by atoms with Gasteiger partial charge in [-0.3, -0.25) is 4.99 Å². The van der Waals surface area contributed by atoms with Gasteiger partial charge in [0.1, 0.15) is 13.7 Å². The molecule has 0 aromatic heterocycles. The maximum absolute atomic E-state index is 15.8. The van der Waals surface area contributed by atoms with E-state index in [1.54, 1.807) is 0 Å². The minimum atomic E-state index is -3.31. The zero-order valence-electron chi connectivity index (χ0n) is 23.1. The summed E-state index contributed by atoms with van der Waals surface area (Å²) in [6.07, 6.45) is 0. The third-order valence-electron chi connectivity index (χ3n) is 7.57. The van der Waals surface area contributed by atoms with Crippen LogP contribution in [0.2, 0.25) is 0 Å². The van der Waals surface area contributed by atoms with Crippen LogP contribution in [0.4, 0.5) is 0 Å². The van der Waals surface area contributed by atoms with E-state index in [0.29, 0.717) is 18.4 Å². The molecule has 5 heteroatoms. The van der Waals surface area contributed by atoms with Crippen LogP contribution in [0.5, 0.6) is 0 Å². The molecule has 0 N–H and O–H groups in total. The number of ether oxygens (including phenoxy) is 1. The monoisotopic (exact) mass is 597 g/mol. The molecule has 6 aromatic rings. The molecule has 1 aliphatic heterocycles. The third-order valence-corrected chi connectivity index (χ3v) is 10.8. The molecule has 0 amide bonds. The Morgan fingerprint density at radius 3 is 1.78 bits per heavy atom. The number of nitrogens with zero attached hydrogens (tertiary/aromatic N) is 1. The Labute approximate surface area is 252 Å². The van der Waals surface area contributed by atoms with E-state index in [1.807, 2.05) is 97.1 Å². The molecule has 7 rings (SSSR count). The fourth-order valence-electron chi connectivity index (χ4n) is 5.42. The molecule has 0 spiro atoms. The Balaban J connectivity index is 0.000000510. The first-order valence-corrected chi connectivity index (χ1v) is 15.5. The first kappa shape index (κ1) is 28.8. The van der Waals surface area contributed by atoms with Crippen LogP contribution in [0, 0.1) is 5.92 Å². The summed E-state index contributed by atoms with van der Waals surface area (Å²) in [5, 5.41) is 6.64. The first-order valence-electron chi connectivity index (χ1n) is 13.8. The van der Waals surface area contributed by atoms with Gasteiger partial charge >= 0.3 is 0 Å². The third kappa shape index (κ3) is 5.48. The molecule has 1 atom stereocenters. The zero-order valence-corrected chi connectivity index (χ0v) is 25.1. The molecular weight excluding hydrogens is 565 g/mol. The van der Waals surface area contributed by atoms with Crippen molar-refractivity contribution in [1.82, 2.24) is 0 Å². The van der Waals surface area contributed by atoms with E-state index in [2.05, 4.69) is 50.2 Å². The normalized spacial score (nSPS) is 14.7. The van der Waals surface area contributed by atoms with Gasteiger partial charge in [0.05, 0.1) is 6.04 Å². The number of benzene rings is 4. The molecule has 0 fully saturated rings. The van der Waals surface area contributed by atoms with Gasteiger partial charge in [-0.2, -0.15) is 6.07 Å². The quantitative estimate of drug-likeness (QED) is 0.117. The average Bonchev–Trinajstić information content (AvgIpc) is 3.80. The molecule has 41 heavy (non-hydrogen) atoms. The number of fused-ring (bicyclic) bond motifs is 2. The number of aliphatic imine (C=N–C) groups is 1. The van der Waals surface area contributed by atoms with Crippen LogP contribution in [0.25, 0.3) is 21.5 Å². The van der Waals surface area contributed by atoms with Gasteiger partial charge in [-0.05, 0) is 27.5 Å². The summed E-state index contributed by atoms with van der Waals surface area (Å²) in [4.78, 5) is 4.89. The summed E-state index contributed by atoms with van der Waals surface area (Å²) in [7, 11) is -3.31. The minimum absolute atomic E-state index is 0. The Morgan fingerprint density at radius 1 is 0.756 bits per heavy atom. The van der Waals surface area contributed by atoms with Crippen LogP contribution in [-0.4, -0.2) is 18.5 Å². The minimum Gasteiger partial charge on any atom is -0.748 e. The van der Waals surface area contributed by atoms with Crippen molar-refractivity contribution in [3.8, 4) is 0 Å². The number of hydrogen-bond acceptors (Lipinski definition) is 3. The van der Waals surface area contributed by atoms with Crippen molar-refractivity contribution in [3.05, 3.63) is 139 Å². The molecule has 0 aliphatic carbocycles. The maximum atomic E-state index is 15.8. The predicted molar refractivity (Wildman–Crippen MR) is 170 cm³/mol. The van der Waals surface area contributed by atoms with E-state index >= 15 is 4.57 Å². The van der Waals surface area contributed by atoms with Crippen molar-refractivity contribution in [2.24, 2.45) is 10.9 Å². The molecule has 0 unspecified atom stereocenters. The Morgan fingerprint density at radius 2 is 1.27 bits per heavy atom. The molecule has 0 saturated heterocycles. The number of hydrogen-bond donors (Lipinski definition) is 0. The fourth-order valence-corrected chi connectivity index (χ4v) is 8.68. The second-order valence-corrected chi connectivity index (χ2v) is 13.1. The average molecular weight is 597 g/mol. The van der Waals surface area contributed by atoms with Gasteiger partial charge < -0.3 is 39.6 Å². The second-order valence-electron chi connectivity index (χ2n) is 10.4. The van der Waals surface area contributed by atoms with Gasteiger partial charge in [-0.25, -0.2) is 12.1 Å². The molecule has 212 valence electrons. The largest absolute Gasteiger partial charge is 0.748 e. The van der Waals surface area contributed by atoms with E-state index in [9.17, 15) is 0 Å². The van der Waals surface area contributed by atoms with Crippen molar-refractivity contribution in [1.29, 1.82) is 0 Å². The van der Waals surface area contributed by atoms with Gasteiger partial charge in [0.15, 0.2) is 5.90 Å². The Bertz CT molecular complexity index is 1720. The standard InChI is InChI=1S/C31H27NO2P.C5H5.Fe/c1-21(2)27-20-34-31(32-27)26-16-9-19-30(26)35(33,28-17-7-12-22-10-3-5-14-24(22)28)29-18-8-13-23-11-4-6-15-25(23)29;1-2-4-5-3-1;/h3-19,21,27H,20H2,1-2H3;1-5H;/q-1;-5;/t27-;;/m1../s1. The predicted octanol–water partition coefficient (Wildman–Crippen LogP) is 7.56. The molecule has 6 aromatic carbocycles. The van der Waals surface area contributed by atoms with Crippen LogP contribution >= 0.6 is 7.14 Å². The number of rotatable bonds is 5. The summed E-state index contributed by atoms with van der Waals surface area (Å²) in [6, 6.07) is 44.7. The smallest absolute Gasteiger partial charge is 0.157 e. The SMILES string of the molecule is CC(C)[C@H]1COC([c-]2cccc2P(=O)(c2cccc3ccccc23)c2cccc3ccccc23)=N1.[Fe].[cH-]1[cH-][cH-][cH-][cH-]1. The van der Waals surface area contributed by atoms with Crippen LogP contribution in [0.15, 0.2) is 138 Å². The molecule has 0 radical (unpaired) electrons.